The van der Waals surface area contributed by atoms with Gasteiger partial charge in [0.1, 0.15) is 10.8 Å². The number of rotatable bonds is 3. The minimum Gasteiger partial charge on any atom is -0.406 e. The molecule has 7 heteroatoms. The Morgan fingerprint density at radius 1 is 1.04 bits per heavy atom. The standard InChI is InChI=1S/C16H12F3NO2S/c17-16(18,19)21-12-8-6-11(7-9-12)14-10-15(20-22-14)23-13-4-2-1-3-5-13/h1-9,14H,10H2/t14-/m0/s1. The van der Waals surface area contributed by atoms with Gasteiger partial charge in [0.2, 0.25) is 0 Å². The summed E-state index contributed by atoms with van der Waals surface area (Å²) < 4.78 is 40.2. The van der Waals surface area contributed by atoms with Crippen LogP contribution in [0.25, 0.3) is 0 Å². The number of hydrogen-bond acceptors (Lipinski definition) is 4. The second kappa shape index (κ2) is 6.54. The summed E-state index contributed by atoms with van der Waals surface area (Å²) >= 11 is 1.51. The Kier molecular flexibility index (Phi) is 4.47. The van der Waals surface area contributed by atoms with E-state index in [1.54, 1.807) is 12.1 Å². The maximum Gasteiger partial charge on any atom is 0.573 e. The molecule has 1 heterocycles. The van der Waals surface area contributed by atoms with Gasteiger partial charge in [-0.1, -0.05) is 47.2 Å². The monoisotopic (exact) mass is 339 g/mol. The molecule has 1 aliphatic rings. The number of thioether (sulfide) groups is 1. The van der Waals surface area contributed by atoms with Crippen molar-refractivity contribution in [3.8, 4) is 5.75 Å². The largest absolute Gasteiger partial charge is 0.573 e. The number of benzene rings is 2. The second-order valence-electron chi connectivity index (χ2n) is 4.82. The molecule has 0 aromatic heterocycles. The van der Waals surface area contributed by atoms with Gasteiger partial charge in [-0.05, 0) is 29.8 Å². The van der Waals surface area contributed by atoms with Gasteiger partial charge in [0.05, 0.1) is 0 Å². The fraction of sp³-hybridized carbons (Fsp3) is 0.188. The van der Waals surface area contributed by atoms with Gasteiger partial charge in [0.15, 0.2) is 6.10 Å². The van der Waals surface area contributed by atoms with Crippen LogP contribution in [-0.4, -0.2) is 11.4 Å². The van der Waals surface area contributed by atoms with Gasteiger partial charge in [0.25, 0.3) is 0 Å². The molecule has 23 heavy (non-hydrogen) atoms. The Morgan fingerprint density at radius 3 is 2.39 bits per heavy atom. The SMILES string of the molecule is FC(F)(F)Oc1ccc([C@@H]2CC(Sc3ccccc3)=NO2)cc1. The lowest BCUT2D eigenvalue weighted by Gasteiger charge is -2.11. The molecule has 0 unspecified atom stereocenters. The van der Waals surface area contributed by atoms with E-state index in [4.69, 9.17) is 4.84 Å². The molecule has 0 bridgehead atoms. The predicted molar refractivity (Wildman–Crippen MR) is 81.3 cm³/mol. The minimum absolute atomic E-state index is 0.251. The Labute approximate surface area is 135 Å². The molecule has 2 aromatic carbocycles. The van der Waals surface area contributed by atoms with Crippen LogP contribution in [0, 0.1) is 0 Å². The van der Waals surface area contributed by atoms with E-state index in [-0.39, 0.29) is 11.9 Å². The van der Waals surface area contributed by atoms with Gasteiger partial charge >= 0.3 is 6.36 Å². The highest BCUT2D eigenvalue weighted by Gasteiger charge is 2.31. The molecule has 0 saturated heterocycles. The molecule has 2 aromatic rings. The number of nitrogens with zero attached hydrogens (tertiary/aromatic N) is 1. The van der Waals surface area contributed by atoms with E-state index in [1.165, 1.54) is 23.9 Å². The summed E-state index contributed by atoms with van der Waals surface area (Å²) in [6, 6.07) is 15.4. The Bertz CT molecular complexity index is 687. The number of hydrogen-bond donors (Lipinski definition) is 0. The van der Waals surface area contributed by atoms with E-state index in [0.29, 0.717) is 6.42 Å². The van der Waals surface area contributed by atoms with Gasteiger partial charge in [-0.25, -0.2) is 0 Å². The quantitative estimate of drug-likeness (QED) is 0.774. The maximum atomic E-state index is 12.1. The van der Waals surface area contributed by atoms with E-state index in [1.807, 2.05) is 30.3 Å². The van der Waals surface area contributed by atoms with E-state index < -0.39 is 6.36 Å². The van der Waals surface area contributed by atoms with Crippen molar-refractivity contribution in [2.24, 2.45) is 5.16 Å². The molecular weight excluding hydrogens is 327 g/mol. The van der Waals surface area contributed by atoms with Crippen LogP contribution < -0.4 is 4.74 Å². The fourth-order valence-corrected chi connectivity index (χ4v) is 2.98. The summed E-state index contributed by atoms with van der Waals surface area (Å²) in [6.45, 7) is 0. The molecule has 3 nitrogen and oxygen atoms in total. The summed E-state index contributed by atoms with van der Waals surface area (Å²) in [7, 11) is 0. The lowest BCUT2D eigenvalue weighted by molar-refractivity contribution is -0.274. The highest BCUT2D eigenvalue weighted by Crippen LogP contribution is 2.34. The fourth-order valence-electron chi connectivity index (χ4n) is 2.10. The lowest BCUT2D eigenvalue weighted by atomic mass is 10.1. The van der Waals surface area contributed by atoms with Crippen LogP contribution in [0.3, 0.4) is 0 Å². The number of alkyl halides is 3. The average Bonchev–Trinajstić information content (AvgIpc) is 2.96. The number of halogens is 3. The van der Waals surface area contributed by atoms with Crippen LogP contribution >= 0.6 is 11.8 Å². The van der Waals surface area contributed by atoms with Crippen LogP contribution in [0.15, 0.2) is 64.6 Å². The first-order valence-corrected chi connectivity index (χ1v) is 7.62. The van der Waals surface area contributed by atoms with Crippen LogP contribution in [0.2, 0.25) is 0 Å². The molecule has 3 rings (SSSR count). The van der Waals surface area contributed by atoms with Gasteiger partial charge in [-0.15, -0.1) is 13.2 Å². The Balaban J connectivity index is 1.59. The van der Waals surface area contributed by atoms with Crippen molar-refractivity contribution in [2.45, 2.75) is 23.8 Å². The first-order chi connectivity index (χ1) is 11.0. The van der Waals surface area contributed by atoms with Gasteiger partial charge in [-0.2, -0.15) is 0 Å². The van der Waals surface area contributed by atoms with Crippen molar-refractivity contribution in [1.29, 1.82) is 0 Å². The molecule has 0 radical (unpaired) electrons. The molecule has 120 valence electrons. The molecule has 0 spiro atoms. The molecular formula is C16H12F3NO2S. The van der Waals surface area contributed by atoms with E-state index in [2.05, 4.69) is 9.89 Å². The topological polar surface area (TPSA) is 30.8 Å². The third kappa shape index (κ3) is 4.41. The highest BCUT2D eigenvalue weighted by molar-refractivity contribution is 8.14. The summed E-state index contributed by atoms with van der Waals surface area (Å²) in [5.74, 6) is -0.251. The van der Waals surface area contributed by atoms with Crippen molar-refractivity contribution in [1.82, 2.24) is 0 Å². The normalized spacial score (nSPS) is 17.5. The van der Waals surface area contributed by atoms with Crippen LogP contribution in [0.4, 0.5) is 13.2 Å². The molecule has 0 fully saturated rings. The van der Waals surface area contributed by atoms with Crippen molar-refractivity contribution >= 4 is 16.8 Å². The first kappa shape index (κ1) is 15.7. The van der Waals surface area contributed by atoms with Crippen molar-refractivity contribution in [3.63, 3.8) is 0 Å². The average molecular weight is 339 g/mol. The van der Waals surface area contributed by atoms with Gasteiger partial charge < -0.3 is 9.57 Å². The molecule has 1 atom stereocenters. The van der Waals surface area contributed by atoms with Gasteiger partial charge in [-0.3, -0.25) is 0 Å². The van der Waals surface area contributed by atoms with Crippen LogP contribution in [0.5, 0.6) is 5.75 Å². The zero-order chi connectivity index (χ0) is 16.3. The smallest absolute Gasteiger partial charge is 0.406 e. The summed E-state index contributed by atoms with van der Waals surface area (Å²) in [4.78, 5) is 6.43. The van der Waals surface area contributed by atoms with Crippen molar-refractivity contribution < 1.29 is 22.7 Å². The highest BCUT2D eigenvalue weighted by atomic mass is 32.2. The lowest BCUT2D eigenvalue weighted by Crippen LogP contribution is -2.17. The minimum atomic E-state index is -4.69. The number of ether oxygens (including phenoxy) is 1. The second-order valence-corrected chi connectivity index (χ2v) is 5.96. The van der Waals surface area contributed by atoms with Crippen LogP contribution in [0.1, 0.15) is 18.1 Å². The number of oxime groups is 1. The molecule has 0 saturated carbocycles. The predicted octanol–water partition coefficient (Wildman–Crippen LogP) is 5.15. The maximum absolute atomic E-state index is 12.1. The Hall–Kier alpha value is -2.15. The van der Waals surface area contributed by atoms with E-state index >= 15 is 0 Å². The molecule has 0 N–H and O–H groups in total. The molecule has 1 aliphatic heterocycles. The third-order valence-electron chi connectivity index (χ3n) is 3.11. The summed E-state index contributed by atoms with van der Waals surface area (Å²) in [5.41, 5.74) is 0.756. The van der Waals surface area contributed by atoms with E-state index in [9.17, 15) is 13.2 Å². The third-order valence-corrected chi connectivity index (χ3v) is 4.09. The van der Waals surface area contributed by atoms with Crippen molar-refractivity contribution in [2.75, 3.05) is 0 Å². The zero-order valence-electron chi connectivity index (χ0n) is 11.8. The summed E-state index contributed by atoms with van der Waals surface area (Å²) in [5, 5.41) is 4.87. The Morgan fingerprint density at radius 2 is 1.74 bits per heavy atom. The van der Waals surface area contributed by atoms with Gasteiger partial charge in [0, 0.05) is 11.3 Å². The van der Waals surface area contributed by atoms with E-state index in [0.717, 1.165) is 15.5 Å². The molecule has 0 amide bonds. The summed E-state index contributed by atoms with van der Waals surface area (Å²) in [6.07, 6.45) is -4.39. The van der Waals surface area contributed by atoms with Crippen molar-refractivity contribution in [3.05, 3.63) is 60.2 Å². The first-order valence-electron chi connectivity index (χ1n) is 6.81. The zero-order valence-corrected chi connectivity index (χ0v) is 12.6. The molecule has 0 aliphatic carbocycles. The van der Waals surface area contributed by atoms with Crippen LogP contribution in [-0.2, 0) is 4.84 Å².